The average molecular weight is 329 g/mol. The Bertz CT molecular complexity index is 582. The second kappa shape index (κ2) is 8.26. The lowest BCUT2D eigenvalue weighted by molar-refractivity contribution is 0.0526. The Labute approximate surface area is 132 Å². The van der Waals surface area contributed by atoms with Crippen molar-refractivity contribution < 1.29 is 22.7 Å². The van der Waals surface area contributed by atoms with Crippen molar-refractivity contribution in [2.75, 3.05) is 26.9 Å². The molecule has 0 aliphatic carbocycles. The first-order valence-corrected chi connectivity index (χ1v) is 8.60. The van der Waals surface area contributed by atoms with E-state index in [4.69, 9.17) is 9.47 Å². The van der Waals surface area contributed by atoms with Crippen molar-refractivity contribution in [3.8, 4) is 0 Å². The predicted molar refractivity (Wildman–Crippen MR) is 83.3 cm³/mol. The quantitative estimate of drug-likeness (QED) is 0.681. The van der Waals surface area contributed by atoms with Crippen LogP contribution in [0.25, 0.3) is 0 Å². The molecule has 0 saturated carbocycles. The van der Waals surface area contributed by atoms with E-state index < -0.39 is 16.0 Å². The Hall–Kier alpha value is -1.44. The molecule has 0 spiro atoms. The average Bonchev–Trinajstić information content (AvgIpc) is 2.48. The topological polar surface area (TPSA) is 72.9 Å². The van der Waals surface area contributed by atoms with Gasteiger partial charge in [-0.2, -0.15) is 4.31 Å². The highest BCUT2D eigenvalue weighted by Crippen LogP contribution is 2.19. The minimum Gasteiger partial charge on any atom is -0.462 e. The molecular weight excluding hydrogens is 306 g/mol. The maximum Gasteiger partial charge on any atom is 0.338 e. The van der Waals surface area contributed by atoms with E-state index in [0.29, 0.717) is 18.7 Å². The normalized spacial score (nSPS) is 13.1. The number of carbonyl (C=O) groups excluding carboxylic acids is 1. The fourth-order valence-electron chi connectivity index (χ4n) is 2.16. The Balaban J connectivity index is 3.04. The fourth-order valence-corrected chi connectivity index (χ4v) is 3.78. The zero-order valence-corrected chi connectivity index (χ0v) is 14.2. The number of carbonyl (C=O) groups is 1. The summed E-state index contributed by atoms with van der Waals surface area (Å²) in [5.41, 5.74) is 0.328. The van der Waals surface area contributed by atoms with Gasteiger partial charge in [-0.1, -0.05) is 6.92 Å². The Morgan fingerprint density at radius 2 is 1.82 bits per heavy atom. The van der Waals surface area contributed by atoms with Gasteiger partial charge in [0.2, 0.25) is 10.0 Å². The van der Waals surface area contributed by atoms with Crippen LogP contribution in [0.3, 0.4) is 0 Å². The molecule has 1 atom stereocenters. The molecule has 0 aromatic heterocycles. The molecule has 0 unspecified atom stereocenters. The van der Waals surface area contributed by atoms with Crippen LogP contribution in [0.5, 0.6) is 0 Å². The number of likely N-dealkylation sites (N-methyl/N-ethyl adjacent to an activating group) is 1. The highest BCUT2D eigenvalue weighted by atomic mass is 32.2. The summed E-state index contributed by atoms with van der Waals surface area (Å²) in [5, 5.41) is 0. The maximum absolute atomic E-state index is 12.6. The molecule has 0 amide bonds. The summed E-state index contributed by atoms with van der Waals surface area (Å²) in [5.74, 6) is -0.466. The first-order valence-electron chi connectivity index (χ1n) is 7.16. The van der Waals surface area contributed by atoms with Crippen LogP contribution in [0.2, 0.25) is 0 Å². The SMILES string of the molecule is CCOC(=O)c1ccc(S(=O)(=O)N(CC)[C@@H](C)COC)cc1. The number of methoxy groups -OCH3 is 1. The second-order valence-corrected chi connectivity index (χ2v) is 6.65. The summed E-state index contributed by atoms with van der Waals surface area (Å²) in [6.07, 6.45) is 0. The zero-order chi connectivity index (χ0) is 16.8. The fraction of sp³-hybridized carbons (Fsp3) is 0.533. The number of benzene rings is 1. The third-order valence-corrected chi connectivity index (χ3v) is 5.29. The Kier molecular flexibility index (Phi) is 6.99. The molecular formula is C15H23NO5S. The van der Waals surface area contributed by atoms with Crippen molar-refractivity contribution in [1.29, 1.82) is 0 Å². The lowest BCUT2D eigenvalue weighted by atomic mass is 10.2. The molecule has 0 aliphatic rings. The molecule has 6 nitrogen and oxygen atoms in total. The minimum absolute atomic E-state index is 0.144. The third-order valence-electron chi connectivity index (χ3n) is 3.18. The van der Waals surface area contributed by atoms with E-state index in [2.05, 4.69) is 0 Å². The summed E-state index contributed by atoms with van der Waals surface area (Å²) in [6.45, 7) is 6.21. The molecule has 1 aromatic carbocycles. The van der Waals surface area contributed by atoms with E-state index in [9.17, 15) is 13.2 Å². The van der Waals surface area contributed by atoms with Crippen molar-refractivity contribution >= 4 is 16.0 Å². The number of sulfonamides is 1. The van der Waals surface area contributed by atoms with E-state index in [0.717, 1.165) is 0 Å². The molecule has 1 rings (SSSR count). The number of ether oxygens (including phenoxy) is 2. The summed E-state index contributed by atoms with van der Waals surface area (Å²) >= 11 is 0. The molecule has 22 heavy (non-hydrogen) atoms. The van der Waals surface area contributed by atoms with Gasteiger partial charge in [-0.05, 0) is 38.1 Å². The van der Waals surface area contributed by atoms with Gasteiger partial charge in [0.1, 0.15) is 0 Å². The molecule has 0 saturated heterocycles. The van der Waals surface area contributed by atoms with Gasteiger partial charge in [0, 0.05) is 19.7 Å². The number of hydrogen-bond acceptors (Lipinski definition) is 5. The molecule has 0 radical (unpaired) electrons. The highest BCUT2D eigenvalue weighted by molar-refractivity contribution is 7.89. The number of rotatable bonds is 8. The first-order chi connectivity index (χ1) is 10.4. The van der Waals surface area contributed by atoms with Gasteiger partial charge in [-0.25, -0.2) is 13.2 Å². The van der Waals surface area contributed by atoms with Crippen molar-refractivity contribution in [2.24, 2.45) is 0 Å². The standard InChI is InChI=1S/C15H23NO5S/c1-5-16(12(3)11-20-4)22(18,19)14-9-7-13(8-10-14)15(17)21-6-2/h7-10,12H,5-6,11H2,1-4H3/t12-/m0/s1. The molecule has 0 bridgehead atoms. The highest BCUT2D eigenvalue weighted by Gasteiger charge is 2.27. The van der Waals surface area contributed by atoms with Crippen LogP contribution >= 0.6 is 0 Å². The maximum atomic E-state index is 12.6. The van der Waals surface area contributed by atoms with Crippen LogP contribution in [0.4, 0.5) is 0 Å². The third kappa shape index (κ3) is 4.28. The number of nitrogens with zero attached hydrogens (tertiary/aromatic N) is 1. The van der Waals surface area contributed by atoms with Gasteiger partial charge in [-0.3, -0.25) is 0 Å². The smallest absolute Gasteiger partial charge is 0.338 e. The number of esters is 1. The zero-order valence-electron chi connectivity index (χ0n) is 13.4. The van der Waals surface area contributed by atoms with Crippen LogP contribution in [0.15, 0.2) is 29.2 Å². The van der Waals surface area contributed by atoms with E-state index in [1.807, 2.05) is 0 Å². The van der Waals surface area contributed by atoms with Crippen LogP contribution < -0.4 is 0 Å². The second-order valence-electron chi connectivity index (χ2n) is 4.76. The van der Waals surface area contributed by atoms with Crippen LogP contribution in [0, 0.1) is 0 Å². The van der Waals surface area contributed by atoms with Gasteiger partial charge >= 0.3 is 5.97 Å². The summed E-state index contributed by atoms with van der Waals surface area (Å²) in [4.78, 5) is 11.7. The van der Waals surface area contributed by atoms with Crippen molar-refractivity contribution in [1.82, 2.24) is 4.31 Å². The molecule has 0 N–H and O–H groups in total. The van der Waals surface area contributed by atoms with Crippen LogP contribution in [-0.4, -0.2) is 51.6 Å². The summed E-state index contributed by atoms with van der Waals surface area (Å²) < 4.78 is 36.6. The Morgan fingerprint density at radius 3 is 2.27 bits per heavy atom. The minimum atomic E-state index is -3.63. The lowest BCUT2D eigenvalue weighted by Gasteiger charge is -2.26. The number of hydrogen-bond donors (Lipinski definition) is 0. The predicted octanol–water partition coefficient (Wildman–Crippen LogP) is 1.91. The molecule has 1 aromatic rings. The van der Waals surface area contributed by atoms with Gasteiger partial charge < -0.3 is 9.47 Å². The van der Waals surface area contributed by atoms with E-state index in [1.54, 1.807) is 20.8 Å². The van der Waals surface area contributed by atoms with E-state index in [1.165, 1.54) is 35.7 Å². The summed E-state index contributed by atoms with van der Waals surface area (Å²) in [6, 6.07) is 5.48. The largest absolute Gasteiger partial charge is 0.462 e. The molecule has 124 valence electrons. The first kappa shape index (κ1) is 18.6. The molecule has 7 heteroatoms. The van der Waals surface area contributed by atoms with Gasteiger partial charge in [-0.15, -0.1) is 0 Å². The molecule has 0 fully saturated rings. The molecule has 0 aliphatic heterocycles. The van der Waals surface area contributed by atoms with E-state index >= 15 is 0 Å². The summed E-state index contributed by atoms with van der Waals surface area (Å²) in [7, 11) is -2.09. The monoisotopic (exact) mass is 329 g/mol. The van der Waals surface area contributed by atoms with Gasteiger partial charge in [0.05, 0.1) is 23.7 Å². The van der Waals surface area contributed by atoms with Gasteiger partial charge in [0.15, 0.2) is 0 Å². The van der Waals surface area contributed by atoms with E-state index in [-0.39, 0.29) is 17.5 Å². The van der Waals surface area contributed by atoms with Crippen molar-refractivity contribution in [3.63, 3.8) is 0 Å². The van der Waals surface area contributed by atoms with Gasteiger partial charge in [0.25, 0.3) is 0 Å². The Morgan fingerprint density at radius 1 is 1.23 bits per heavy atom. The van der Waals surface area contributed by atoms with Crippen molar-refractivity contribution in [2.45, 2.75) is 31.7 Å². The van der Waals surface area contributed by atoms with Crippen LogP contribution in [-0.2, 0) is 19.5 Å². The van der Waals surface area contributed by atoms with Crippen LogP contribution in [0.1, 0.15) is 31.1 Å². The lowest BCUT2D eigenvalue weighted by Crippen LogP contribution is -2.40. The van der Waals surface area contributed by atoms with Crippen molar-refractivity contribution in [3.05, 3.63) is 29.8 Å². The molecule has 0 heterocycles.